The van der Waals surface area contributed by atoms with Gasteiger partial charge >= 0.3 is 5.97 Å². The summed E-state index contributed by atoms with van der Waals surface area (Å²) >= 11 is 7.08. The van der Waals surface area contributed by atoms with Gasteiger partial charge in [-0.15, -0.1) is 0 Å². The number of aromatic nitrogens is 1. The van der Waals surface area contributed by atoms with E-state index in [0.29, 0.717) is 5.69 Å². The van der Waals surface area contributed by atoms with Gasteiger partial charge in [0, 0.05) is 37.8 Å². The van der Waals surface area contributed by atoms with Crippen molar-refractivity contribution in [2.75, 3.05) is 0 Å². The van der Waals surface area contributed by atoms with Gasteiger partial charge < -0.3 is 14.8 Å². The molecule has 2 aromatic carbocycles. The highest BCUT2D eigenvalue weighted by Crippen LogP contribution is 2.31. The number of nitrogens with zero attached hydrogens (tertiary/aromatic N) is 2. The first-order chi connectivity index (χ1) is 12.8. The van der Waals surface area contributed by atoms with Gasteiger partial charge in [0.2, 0.25) is 0 Å². The van der Waals surface area contributed by atoms with E-state index in [4.69, 9.17) is 5.11 Å². The van der Waals surface area contributed by atoms with Gasteiger partial charge in [0.25, 0.3) is 0 Å². The minimum Gasteiger partial charge on any atom is -0.507 e. The highest BCUT2D eigenvalue weighted by Gasteiger charge is 2.16. The molecular weight excluding hydrogens is 476 g/mol. The highest BCUT2D eigenvalue weighted by atomic mass is 79.9. The molecule has 0 atom stereocenters. The van der Waals surface area contributed by atoms with E-state index in [2.05, 4.69) is 41.4 Å². The first kappa shape index (κ1) is 19.4. The molecule has 3 rings (SSSR count). The zero-order valence-electron chi connectivity index (χ0n) is 14.6. The minimum atomic E-state index is -1.20. The van der Waals surface area contributed by atoms with Gasteiger partial charge in [0.1, 0.15) is 11.3 Å². The lowest BCUT2D eigenvalue weighted by molar-refractivity contribution is 0.0694. The molecule has 2 N–H and O–H groups in total. The quantitative estimate of drug-likeness (QED) is 0.454. The summed E-state index contributed by atoms with van der Waals surface area (Å²) < 4.78 is 4.05. The zero-order valence-corrected chi connectivity index (χ0v) is 17.7. The van der Waals surface area contributed by atoms with Crippen LogP contribution in [0.5, 0.6) is 5.75 Å². The smallest absolute Gasteiger partial charge is 0.339 e. The SMILES string of the molecule is Cc1c(Br)c(C=Nc2ccc(O)c(C(=O)O)c2)c(C)n1-c1ccc(Br)cc1. The molecule has 27 heavy (non-hydrogen) atoms. The number of aromatic carboxylic acids is 1. The van der Waals surface area contributed by atoms with Gasteiger partial charge in [-0.3, -0.25) is 4.99 Å². The monoisotopic (exact) mass is 490 g/mol. The Labute approximate surface area is 173 Å². The number of rotatable bonds is 4. The maximum Gasteiger partial charge on any atom is 0.339 e. The minimum absolute atomic E-state index is 0.177. The third-order valence-electron chi connectivity index (χ3n) is 4.25. The molecule has 0 aliphatic heterocycles. The molecule has 0 aliphatic carbocycles. The molecule has 3 aromatic rings. The maximum absolute atomic E-state index is 11.2. The Kier molecular flexibility index (Phi) is 5.53. The topological polar surface area (TPSA) is 74.8 Å². The van der Waals surface area contributed by atoms with E-state index < -0.39 is 5.97 Å². The van der Waals surface area contributed by atoms with Crippen molar-refractivity contribution < 1.29 is 15.0 Å². The number of carboxylic acids is 1. The van der Waals surface area contributed by atoms with Crippen LogP contribution in [0.1, 0.15) is 27.3 Å². The number of carboxylic acid groups (broad SMARTS) is 1. The maximum atomic E-state index is 11.2. The summed E-state index contributed by atoms with van der Waals surface area (Å²) in [6, 6.07) is 12.3. The predicted octanol–water partition coefficient (Wildman–Crippen LogP) is 5.77. The van der Waals surface area contributed by atoms with Crippen LogP contribution in [-0.4, -0.2) is 27.0 Å². The third kappa shape index (κ3) is 3.84. The van der Waals surface area contributed by atoms with E-state index in [1.54, 1.807) is 12.3 Å². The zero-order chi connectivity index (χ0) is 19.7. The number of aliphatic imine (C=N–C) groups is 1. The fraction of sp³-hybridized carbons (Fsp3) is 0.100. The van der Waals surface area contributed by atoms with E-state index in [9.17, 15) is 9.90 Å². The molecule has 0 amide bonds. The average Bonchev–Trinajstić information content (AvgIpc) is 2.84. The van der Waals surface area contributed by atoms with Crippen molar-refractivity contribution in [3.05, 3.63) is 73.9 Å². The molecule has 0 fully saturated rings. The summed E-state index contributed by atoms with van der Waals surface area (Å²) in [7, 11) is 0. The molecule has 0 bridgehead atoms. The number of benzene rings is 2. The molecule has 0 unspecified atom stereocenters. The van der Waals surface area contributed by atoms with E-state index in [0.717, 1.165) is 31.6 Å². The summed E-state index contributed by atoms with van der Waals surface area (Å²) in [5, 5.41) is 18.7. The lowest BCUT2D eigenvalue weighted by Gasteiger charge is -2.09. The van der Waals surface area contributed by atoms with E-state index >= 15 is 0 Å². The molecule has 0 saturated carbocycles. The summed E-state index contributed by atoms with van der Waals surface area (Å²) in [6.07, 6.45) is 1.69. The Morgan fingerprint density at radius 1 is 1.07 bits per heavy atom. The van der Waals surface area contributed by atoms with Crippen LogP contribution in [0.15, 0.2) is 56.4 Å². The third-order valence-corrected chi connectivity index (χ3v) is 5.78. The Morgan fingerprint density at radius 2 is 1.74 bits per heavy atom. The van der Waals surface area contributed by atoms with Crippen molar-refractivity contribution in [2.45, 2.75) is 13.8 Å². The van der Waals surface area contributed by atoms with Gasteiger partial charge in [0.05, 0.1) is 5.69 Å². The van der Waals surface area contributed by atoms with Crippen molar-refractivity contribution in [1.29, 1.82) is 0 Å². The lowest BCUT2D eigenvalue weighted by Crippen LogP contribution is -1.99. The van der Waals surface area contributed by atoms with E-state index in [-0.39, 0.29) is 11.3 Å². The molecular formula is C20H16Br2N2O3. The first-order valence-corrected chi connectivity index (χ1v) is 9.62. The van der Waals surface area contributed by atoms with Crippen LogP contribution in [-0.2, 0) is 0 Å². The standard InChI is InChI=1S/C20H16Br2N2O3/c1-11-17(10-23-14-5-8-18(25)16(9-14)20(26)27)19(22)12(2)24(11)15-6-3-13(21)4-7-15/h3-10,25H,1-2H3,(H,26,27). The van der Waals surface area contributed by atoms with E-state index in [1.807, 2.05) is 38.1 Å². The molecule has 1 aromatic heterocycles. The van der Waals surface area contributed by atoms with Crippen molar-refractivity contribution in [2.24, 2.45) is 4.99 Å². The van der Waals surface area contributed by atoms with Crippen molar-refractivity contribution in [3.63, 3.8) is 0 Å². The van der Waals surface area contributed by atoms with E-state index in [1.165, 1.54) is 12.1 Å². The Bertz CT molecular complexity index is 1050. The van der Waals surface area contributed by atoms with Crippen LogP contribution < -0.4 is 0 Å². The number of carbonyl (C=O) groups is 1. The van der Waals surface area contributed by atoms with Crippen LogP contribution in [0.25, 0.3) is 5.69 Å². The molecule has 5 nitrogen and oxygen atoms in total. The number of hydrogen-bond acceptors (Lipinski definition) is 3. The second-order valence-corrected chi connectivity index (χ2v) is 7.68. The predicted molar refractivity (Wildman–Crippen MR) is 113 cm³/mol. The van der Waals surface area contributed by atoms with Gasteiger partial charge in [-0.25, -0.2) is 4.79 Å². The molecule has 138 valence electrons. The Balaban J connectivity index is 2.02. The molecule has 0 spiro atoms. The van der Waals surface area contributed by atoms with Crippen LogP contribution in [0.3, 0.4) is 0 Å². The van der Waals surface area contributed by atoms with Gasteiger partial charge in [-0.2, -0.15) is 0 Å². The second-order valence-electron chi connectivity index (χ2n) is 5.98. The number of halogens is 2. The van der Waals surface area contributed by atoms with Gasteiger partial charge in [-0.1, -0.05) is 15.9 Å². The Hall–Kier alpha value is -2.38. The van der Waals surface area contributed by atoms with Crippen LogP contribution in [0.4, 0.5) is 5.69 Å². The highest BCUT2D eigenvalue weighted by molar-refractivity contribution is 9.10. The van der Waals surface area contributed by atoms with Crippen LogP contribution in [0.2, 0.25) is 0 Å². The van der Waals surface area contributed by atoms with Crippen molar-refractivity contribution in [1.82, 2.24) is 4.57 Å². The van der Waals surface area contributed by atoms with Crippen LogP contribution >= 0.6 is 31.9 Å². The van der Waals surface area contributed by atoms with Crippen molar-refractivity contribution >= 4 is 49.7 Å². The fourth-order valence-electron chi connectivity index (χ4n) is 2.87. The van der Waals surface area contributed by atoms with Crippen LogP contribution in [0, 0.1) is 13.8 Å². The average molecular weight is 492 g/mol. The summed E-state index contributed by atoms with van der Waals surface area (Å²) in [6.45, 7) is 4.01. The fourth-order valence-corrected chi connectivity index (χ4v) is 3.70. The van der Waals surface area contributed by atoms with Gasteiger partial charge in [-0.05, 0) is 72.2 Å². The molecule has 1 heterocycles. The molecule has 0 aliphatic rings. The number of hydrogen-bond donors (Lipinski definition) is 2. The number of aromatic hydroxyl groups is 1. The summed E-state index contributed by atoms with van der Waals surface area (Å²) in [5.74, 6) is -1.48. The molecule has 7 heteroatoms. The Morgan fingerprint density at radius 3 is 2.37 bits per heavy atom. The lowest BCUT2D eigenvalue weighted by atomic mass is 10.2. The first-order valence-electron chi connectivity index (χ1n) is 8.03. The van der Waals surface area contributed by atoms with Crippen molar-refractivity contribution in [3.8, 4) is 11.4 Å². The summed E-state index contributed by atoms with van der Waals surface area (Å²) in [4.78, 5) is 15.6. The van der Waals surface area contributed by atoms with Gasteiger partial charge in [0.15, 0.2) is 0 Å². The normalized spacial score (nSPS) is 11.3. The largest absolute Gasteiger partial charge is 0.507 e. The summed E-state index contributed by atoms with van der Waals surface area (Å²) in [5.41, 5.74) is 4.25. The molecule has 0 radical (unpaired) electrons. The second kappa shape index (κ2) is 7.70. The molecule has 0 saturated heterocycles. The number of phenols is 1.